The molecular formula is C16H13FN2O. The Morgan fingerprint density at radius 1 is 1.25 bits per heavy atom. The van der Waals surface area contributed by atoms with E-state index in [4.69, 9.17) is 0 Å². The van der Waals surface area contributed by atoms with Gasteiger partial charge in [0.05, 0.1) is 11.9 Å². The summed E-state index contributed by atoms with van der Waals surface area (Å²) in [4.78, 5) is 15.8. The van der Waals surface area contributed by atoms with Crippen molar-refractivity contribution in [3.05, 3.63) is 59.7 Å². The minimum Gasteiger partial charge on any atom is -0.324 e. The van der Waals surface area contributed by atoms with Crippen LogP contribution in [0, 0.1) is 17.8 Å². The number of fused-ring (bicyclic) bond motifs is 3. The number of carbonyl (C=O) groups excluding carboxylic acids is 1. The molecular weight excluding hydrogens is 255 g/mol. The number of nitrogens with one attached hydrogen (secondary N) is 1. The third kappa shape index (κ3) is 1.72. The van der Waals surface area contributed by atoms with Gasteiger partial charge in [0.25, 0.3) is 0 Å². The molecule has 4 heteroatoms. The number of nitrogens with zero attached hydrogens (tertiary/aromatic N) is 1. The van der Waals surface area contributed by atoms with Crippen molar-refractivity contribution in [3.8, 4) is 0 Å². The van der Waals surface area contributed by atoms with Gasteiger partial charge < -0.3 is 5.32 Å². The Morgan fingerprint density at radius 3 is 2.90 bits per heavy atom. The van der Waals surface area contributed by atoms with Crippen LogP contribution in [0.25, 0.3) is 0 Å². The fraction of sp³-hybridized carbons (Fsp3) is 0.250. The highest BCUT2D eigenvalue weighted by Gasteiger charge is 2.59. The van der Waals surface area contributed by atoms with Crippen molar-refractivity contribution >= 4 is 11.6 Å². The zero-order valence-corrected chi connectivity index (χ0v) is 10.7. The van der Waals surface area contributed by atoms with Crippen LogP contribution in [0.15, 0.2) is 42.6 Å². The minimum absolute atomic E-state index is 0.0166. The van der Waals surface area contributed by atoms with Crippen LogP contribution in [-0.2, 0) is 11.2 Å². The maximum atomic E-state index is 12.7. The Hall–Kier alpha value is -2.23. The summed E-state index contributed by atoms with van der Waals surface area (Å²) in [5.74, 6) is 0.318. The molecule has 0 aliphatic heterocycles. The highest BCUT2D eigenvalue weighted by molar-refractivity contribution is 5.96. The molecule has 2 aromatic rings. The first-order valence-electron chi connectivity index (χ1n) is 6.74. The molecule has 1 aromatic carbocycles. The number of amides is 1. The molecule has 1 heterocycles. The van der Waals surface area contributed by atoms with E-state index in [2.05, 4.69) is 22.4 Å². The van der Waals surface area contributed by atoms with Gasteiger partial charge in [-0.25, -0.2) is 4.98 Å². The molecule has 0 spiro atoms. The van der Waals surface area contributed by atoms with E-state index in [-0.39, 0.29) is 11.8 Å². The highest BCUT2D eigenvalue weighted by Crippen LogP contribution is 2.61. The van der Waals surface area contributed by atoms with Crippen LogP contribution < -0.4 is 5.32 Å². The maximum absolute atomic E-state index is 12.7. The fourth-order valence-corrected chi connectivity index (χ4v) is 3.38. The zero-order valence-electron chi connectivity index (χ0n) is 10.7. The van der Waals surface area contributed by atoms with Crippen molar-refractivity contribution in [2.75, 3.05) is 5.32 Å². The van der Waals surface area contributed by atoms with Gasteiger partial charge in [-0.15, -0.1) is 0 Å². The first kappa shape index (κ1) is 11.6. The molecule has 0 saturated heterocycles. The van der Waals surface area contributed by atoms with Gasteiger partial charge in [-0.05, 0) is 41.5 Å². The molecule has 20 heavy (non-hydrogen) atoms. The zero-order chi connectivity index (χ0) is 13.7. The molecule has 2 aliphatic carbocycles. The second kappa shape index (κ2) is 4.13. The number of hydrogen-bond donors (Lipinski definition) is 1. The predicted molar refractivity (Wildman–Crippen MR) is 72.7 cm³/mol. The van der Waals surface area contributed by atoms with Crippen LogP contribution in [-0.4, -0.2) is 10.9 Å². The van der Waals surface area contributed by atoms with Crippen molar-refractivity contribution in [1.82, 2.24) is 4.98 Å². The van der Waals surface area contributed by atoms with Crippen LogP contribution in [0.4, 0.5) is 10.1 Å². The molecule has 1 N–H and O–H groups in total. The quantitative estimate of drug-likeness (QED) is 0.851. The summed E-state index contributed by atoms with van der Waals surface area (Å²) in [5, 5.41) is 2.82. The highest BCUT2D eigenvalue weighted by atomic mass is 19.1. The molecule has 3 atom stereocenters. The molecule has 3 nitrogen and oxygen atoms in total. The van der Waals surface area contributed by atoms with Gasteiger partial charge in [-0.2, -0.15) is 4.39 Å². The van der Waals surface area contributed by atoms with E-state index < -0.39 is 5.95 Å². The van der Waals surface area contributed by atoms with Crippen molar-refractivity contribution < 1.29 is 9.18 Å². The lowest BCUT2D eigenvalue weighted by Gasteiger charge is -2.08. The largest absolute Gasteiger partial charge is 0.324 e. The number of anilines is 1. The lowest BCUT2D eigenvalue weighted by atomic mass is 10.0. The van der Waals surface area contributed by atoms with Crippen molar-refractivity contribution in [2.45, 2.75) is 12.3 Å². The number of benzene rings is 1. The average Bonchev–Trinajstić information content (AvgIpc) is 3.04. The molecule has 0 radical (unpaired) electrons. The van der Waals surface area contributed by atoms with Crippen molar-refractivity contribution in [2.24, 2.45) is 11.8 Å². The van der Waals surface area contributed by atoms with Crippen molar-refractivity contribution in [3.63, 3.8) is 0 Å². The summed E-state index contributed by atoms with van der Waals surface area (Å²) in [6.45, 7) is 0. The fourth-order valence-electron chi connectivity index (χ4n) is 3.38. The molecule has 3 unspecified atom stereocenters. The van der Waals surface area contributed by atoms with E-state index in [1.165, 1.54) is 29.5 Å². The molecule has 4 rings (SSSR count). The van der Waals surface area contributed by atoms with Crippen LogP contribution >= 0.6 is 0 Å². The summed E-state index contributed by atoms with van der Waals surface area (Å²) in [7, 11) is 0. The summed E-state index contributed by atoms with van der Waals surface area (Å²) >= 11 is 0. The van der Waals surface area contributed by atoms with Gasteiger partial charge in [-0.3, -0.25) is 4.79 Å². The van der Waals surface area contributed by atoms with Gasteiger partial charge in [0, 0.05) is 5.92 Å². The van der Waals surface area contributed by atoms with Gasteiger partial charge in [0.15, 0.2) is 0 Å². The number of halogens is 1. The van der Waals surface area contributed by atoms with E-state index in [1.54, 1.807) is 0 Å². The second-order valence-corrected chi connectivity index (χ2v) is 5.48. The van der Waals surface area contributed by atoms with E-state index >= 15 is 0 Å². The Labute approximate surface area is 115 Å². The third-order valence-corrected chi connectivity index (χ3v) is 4.34. The number of hydrogen-bond acceptors (Lipinski definition) is 2. The van der Waals surface area contributed by atoms with E-state index in [9.17, 15) is 9.18 Å². The van der Waals surface area contributed by atoms with Crippen LogP contribution in [0.2, 0.25) is 0 Å². The Kier molecular flexibility index (Phi) is 2.39. The SMILES string of the molecule is O=C(Nc1ccc(F)nc1)C1C2Cc3ccccc3C21. The molecule has 100 valence electrons. The molecule has 1 aromatic heterocycles. The number of aromatic nitrogens is 1. The molecule has 1 saturated carbocycles. The van der Waals surface area contributed by atoms with E-state index in [0.717, 1.165) is 6.42 Å². The number of carbonyl (C=O) groups is 1. The normalized spacial score (nSPS) is 25.8. The summed E-state index contributed by atoms with van der Waals surface area (Å²) in [6, 6.07) is 11.1. The predicted octanol–water partition coefficient (Wildman–Crippen LogP) is 2.75. The topological polar surface area (TPSA) is 42.0 Å². The summed E-state index contributed by atoms with van der Waals surface area (Å²) in [6.07, 6.45) is 2.33. The Morgan fingerprint density at radius 2 is 2.10 bits per heavy atom. The Bertz CT molecular complexity index is 683. The van der Waals surface area contributed by atoms with E-state index in [1.807, 2.05) is 12.1 Å². The van der Waals surface area contributed by atoms with Crippen LogP contribution in [0.1, 0.15) is 17.0 Å². The molecule has 0 bridgehead atoms. The first-order valence-corrected chi connectivity index (χ1v) is 6.74. The van der Waals surface area contributed by atoms with Gasteiger partial charge in [0.2, 0.25) is 11.9 Å². The number of pyridine rings is 1. The molecule has 2 aliphatic rings. The lowest BCUT2D eigenvalue weighted by Crippen LogP contribution is -2.17. The lowest BCUT2D eigenvalue weighted by molar-refractivity contribution is -0.117. The standard InChI is InChI=1S/C16H13FN2O/c17-13-6-5-10(8-18-13)19-16(20)15-12-7-9-3-1-2-4-11(9)14(12)15/h1-6,8,12,14-15H,7H2,(H,19,20). The van der Waals surface area contributed by atoms with Crippen molar-refractivity contribution in [1.29, 1.82) is 0 Å². The Balaban J connectivity index is 1.49. The second-order valence-electron chi connectivity index (χ2n) is 5.48. The third-order valence-electron chi connectivity index (χ3n) is 4.34. The van der Waals surface area contributed by atoms with Gasteiger partial charge in [-0.1, -0.05) is 24.3 Å². The molecule has 1 amide bonds. The first-order chi connectivity index (χ1) is 9.74. The maximum Gasteiger partial charge on any atom is 0.228 e. The average molecular weight is 268 g/mol. The molecule has 1 fully saturated rings. The van der Waals surface area contributed by atoms with Gasteiger partial charge >= 0.3 is 0 Å². The number of rotatable bonds is 2. The minimum atomic E-state index is -0.541. The van der Waals surface area contributed by atoms with Crippen LogP contribution in [0.3, 0.4) is 0 Å². The monoisotopic (exact) mass is 268 g/mol. The summed E-state index contributed by atoms with van der Waals surface area (Å²) in [5.41, 5.74) is 3.24. The smallest absolute Gasteiger partial charge is 0.228 e. The summed E-state index contributed by atoms with van der Waals surface area (Å²) < 4.78 is 12.7. The van der Waals surface area contributed by atoms with Gasteiger partial charge in [0.1, 0.15) is 0 Å². The van der Waals surface area contributed by atoms with Crippen LogP contribution in [0.5, 0.6) is 0 Å². The van der Waals surface area contributed by atoms with E-state index in [0.29, 0.717) is 17.5 Å².